The molecule has 1 saturated heterocycles. The summed E-state index contributed by atoms with van der Waals surface area (Å²) >= 11 is 0. The van der Waals surface area contributed by atoms with Crippen LogP contribution in [0.2, 0.25) is 0 Å². The number of benzene rings is 2. The van der Waals surface area contributed by atoms with Crippen LogP contribution in [0, 0.1) is 6.92 Å². The van der Waals surface area contributed by atoms with Crippen LogP contribution in [0.5, 0.6) is 0 Å². The first-order valence-corrected chi connectivity index (χ1v) is 12.1. The summed E-state index contributed by atoms with van der Waals surface area (Å²) in [6.45, 7) is 3.68. The Morgan fingerprint density at radius 3 is 2.77 bits per heavy atom. The lowest BCUT2D eigenvalue weighted by Crippen LogP contribution is -2.44. The van der Waals surface area contributed by atoms with Crippen LogP contribution in [0.15, 0.2) is 73.1 Å². The summed E-state index contributed by atoms with van der Waals surface area (Å²) in [6, 6.07) is 20.6. The highest BCUT2D eigenvalue weighted by Gasteiger charge is 2.29. The van der Waals surface area contributed by atoms with Gasteiger partial charge >= 0.3 is 5.97 Å². The van der Waals surface area contributed by atoms with Crippen molar-refractivity contribution in [2.45, 2.75) is 38.8 Å². The molecule has 1 aliphatic rings. The maximum atomic E-state index is 12.2. The van der Waals surface area contributed by atoms with E-state index in [9.17, 15) is 4.79 Å². The highest BCUT2D eigenvalue weighted by molar-refractivity contribution is 5.91. The predicted octanol–water partition coefficient (Wildman–Crippen LogP) is 5.88. The number of pyridine rings is 2. The SMILES string of the molecule is COC(=O)C1CCCCN1Cc1cnc2c(Nc3cccc(-c4ccccc4)c3C)nccc2c1. The Balaban J connectivity index is 1.41. The van der Waals surface area contributed by atoms with Crippen LogP contribution in [0.1, 0.15) is 30.4 Å². The monoisotopic (exact) mass is 466 g/mol. The zero-order valence-electron chi connectivity index (χ0n) is 20.2. The van der Waals surface area contributed by atoms with Crippen molar-refractivity contribution in [3.05, 3.63) is 84.2 Å². The first-order valence-electron chi connectivity index (χ1n) is 12.1. The van der Waals surface area contributed by atoms with Gasteiger partial charge in [-0.25, -0.2) is 4.98 Å². The van der Waals surface area contributed by atoms with Crippen molar-refractivity contribution < 1.29 is 9.53 Å². The zero-order chi connectivity index (χ0) is 24.2. The fourth-order valence-electron chi connectivity index (χ4n) is 4.93. The van der Waals surface area contributed by atoms with Gasteiger partial charge in [0.1, 0.15) is 11.6 Å². The lowest BCUT2D eigenvalue weighted by Gasteiger charge is -2.33. The number of rotatable bonds is 6. The quantitative estimate of drug-likeness (QED) is 0.358. The average Bonchev–Trinajstić information content (AvgIpc) is 2.90. The van der Waals surface area contributed by atoms with E-state index in [0.717, 1.165) is 59.3 Å². The van der Waals surface area contributed by atoms with Gasteiger partial charge < -0.3 is 10.1 Å². The summed E-state index contributed by atoms with van der Waals surface area (Å²) in [5.74, 6) is 0.579. The number of carbonyl (C=O) groups is 1. The molecule has 2 aromatic heterocycles. The maximum Gasteiger partial charge on any atom is 0.323 e. The summed E-state index contributed by atoms with van der Waals surface area (Å²) in [6.07, 6.45) is 6.69. The molecule has 1 N–H and O–H groups in total. The van der Waals surface area contributed by atoms with E-state index in [1.165, 1.54) is 18.2 Å². The Morgan fingerprint density at radius 2 is 1.94 bits per heavy atom. The molecule has 0 amide bonds. The number of hydrogen-bond acceptors (Lipinski definition) is 6. The molecule has 6 nitrogen and oxygen atoms in total. The van der Waals surface area contributed by atoms with Crippen molar-refractivity contribution in [3.8, 4) is 11.1 Å². The first-order chi connectivity index (χ1) is 17.1. The van der Waals surface area contributed by atoms with E-state index in [-0.39, 0.29) is 12.0 Å². The number of methoxy groups -OCH3 is 1. The number of aromatic nitrogens is 2. The van der Waals surface area contributed by atoms with Gasteiger partial charge in [0.2, 0.25) is 0 Å². The molecule has 3 heterocycles. The van der Waals surface area contributed by atoms with E-state index in [4.69, 9.17) is 9.72 Å². The third-order valence-electron chi connectivity index (χ3n) is 6.80. The van der Waals surface area contributed by atoms with Gasteiger partial charge in [-0.1, -0.05) is 48.9 Å². The first kappa shape index (κ1) is 23.0. The number of esters is 1. The molecule has 2 aromatic carbocycles. The molecule has 35 heavy (non-hydrogen) atoms. The molecular formula is C29H30N4O2. The van der Waals surface area contributed by atoms with Crippen LogP contribution in [0.25, 0.3) is 22.0 Å². The van der Waals surface area contributed by atoms with Crippen molar-refractivity contribution >= 4 is 28.4 Å². The van der Waals surface area contributed by atoms with Crippen molar-refractivity contribution in [2.75, 3.05) is 19.0 Å². The van der Waals surface area contributed by atoms with E-state index >= 15 is 0 Å². The second-order valence-electron chi connectivity index (χ2n) is 9.05. The summed E-state index contributed by atoms with van der Waals surface area (Å²) in [5, 5.41) is 4.53. The fraction of sp³-hybridized carbons (Fsp3) is 0.276. The van der Waals surface area contributed by atoms with Crippen LogP contribution in [0.4, 0.5) is 11.5 Å². The van der Waals surface area contributed by atoms with Crippen molar-refractivity contribution in [3.63, 3.8) is 0 Å². The minimum Gasteiger partial charge on any atom is -0.468 e. The lowest BCUT2D eigenvalue weighted by atomic mass is 9.99. The normalized spacial score (nSPS) is 16.2. The van der Waals surface area contributed by atoms with Gasteiger partial charge in [-0.3, -0.25) is 14.7 Å². The molecule has 1 fully saturated rings. The van der Waals surface area contributed by atoms with Gasteiger partial charge in [-0.2, -0.15) is 0 Å². The van der Waals surface area contributed by atoms with Crippen LogP contribution in [0.3, 0.4) is 0 Å². The van der Waals surface area contributed by atoms with E-state index in [1.807, 2.05) is 24.5 Å². The lowest BCUT2D eigenvalue weighted by molar-refractivity contribution is -0.148. The number of ether oxygens (including phenoxy) is 1. The van der Waals surface area contributed by atoms with Crippen LogP contribution in [-0.4, -0.2) is 40.5 Å². The number of fused-ring (bicyclic) bond motifs is 1. The van der Waals surface area contributed by atoms with Gasteiger partial charge in [-0.05, 0) is 66.8 Å². The van der Waals surface area contributed by atoms with Crippen LogP contribution >= 0.6 is 0 Å². The highest BCUT2D eigenvalue weighted by Crippen LogP contribution is 2.31. The third-order valence-corrected chi connectivity index (χ3v) is 6.80. The standard InChI is InChI=1S/C29H30N4O2/c1-20-24(22-9-4-3-5-10-22)11-8-12-25(20)32-28-27-23(14-15-30-28)17-21(18-31-27)19-33-16-7-6-13-26(33)29(34)35-2/h3-5,8-12,14-15,17-18,26H,6-7,13,16,19H2,1-2H3,(H,30,32). The van der Waals surface area contributed by atoms with E-state index in [1.54, 1.807) is 0 Å². The van der Waals surface area contributed by atoms with Gasteiger partial charge in [0.05, 0.1) is 7.11 Å². The van der Waals surface area contributed by atoms with Gasteiger partial charge in [-0.15, -0.1) is 0 Å². The van der Waals surface area contributed by atoms with Crippen molar-refractivity contribution in [1.82, 2.24) is 14.9 Å². The molecule has 1 aliphatic heterocycles. The molecule has 5 rings (SSSR count). The Labute approximate surface area is 206 Å². The number of carbonyl (C=O) groups excluding carboxylic acids is 1. The van der Waals surface area contributed by atoms with Gasteiger partial charge in [0, 0.05) is 30.0 Å². The second kappa shape index (κ2) is 10.2. The summed E-state index contributed by atoms with van der Waals surface area (Å²) in [7, 11) is 1.46. The van der Waals surface area contributed by atoms with Crippen LogP contribution < -0.4 is 5.32 Å². The molecule has 1 unspecified atom stereocenters. The number of nitrogens with zero attached hydrogens (tertiary/aromatic N) is 3. The minimum atomic E-state index is -0.181. The van der Waals surface area contributed by atoms with E-state index in [0.29, 0.717) is 6.54 Å². The molecule has 6 heteroatoms. The number of likely N-dealkylation sites (tertiary alicyclic amines) is 1. The molecule has 0 bridgehead atoms. The molecule has 1 atom stereocenters. The third kappa shape index (κ3) is 4.88. The number of hydrogen-bond donors (Lipinski definition) is 1. The Hall–Kier alpha value is -3.77. The summed E-state index contributed by atoms with van der Waals surface area (Å²) < 4.78 is 5.03. The molecule has 0 aliphatic carbocycles. The van der Waals surface area contributed by atoms with E-state index in [2.05, 4.69) is 70.7 Å². The molecule has 0 spiro atoms. The van der Waals surface area contributed by atoms with E-state index < -0.39 is 0 Å². The highest BCUT2D eigenvalue weighted by atomic mass is 16.5. The summed E-state index contributed by atoms with van der Waals surface area (Å²) in [5.41, 5.74) is 6.44. The smallest absolute Gasteiger partial charge is 0.323 e. The predicted molar refractivity (Wildman–Crippen MR) is 140 cm³/mol. The molecular weight excluding hydrogens is 436 g/mol. The van der Waals surface area contributed by atoms with Crippen molar-refractivity contribution in [2.24, 2.45) is 0 Å². The topological polar surface area (TPSA) is 67.3 Å². The Morgan fingerprint density at radius 1 is 1.09 bits per heavy atom. The molecule has 0 radical (unpaired) electrons. The molecule has 178 valence electrons. The maximum absolute atomic E-state index is 12.2. The Bertz CT molecular complexity index is 1340. The minimum absolute atomic E-state index is 0.151. The second-order valence-corrected chi connectivity index (χ2v) is 9.05. The summed E-state index contributed by atoms with van der Waals surface area (Å²) in [4.78, 5) is 23.8. The molecule has 0 saturated carbocycles. The average molecular weight is 467 g/mol. The number of anilines is 2. The largest absolute Gasteiger partial charge is 0.468 e. The van der Waals surface area contributed by atoms with Gasteiger partial charge in [0.25, 0.3) is 0 Å². The van der Waals surface area contributed by atoms with Crippen LogP contribution in [-0.2, 0) is 16.1 Å². The van der Waals surface area contributed by atoms with Crippen molar-refractivity contribution in [1.29, 1.82) is 0 Å². The number of nitrogens with one attached hydrogen (secondary N) is 1. The number of piperidine rings is 1. The fourth-order valence-corrected chi connectivity index (χ4v) is 4.93. The van der Waals surface area contributed by atoms with Gasteiger partial charge in [0.15, 0.2) is 5.82 Å². The zero-order valence-corrected chi connectivity index (χ0v) is 20.2. The Kier molecular flexibility index (Phi) is 6.73. The molecule has 4 aromatic rings.